The number of sulfonamides is 1. The molecule has 4 aromatic rings. The van der Waals surface area contributed by atoms with Crippen LogP contribution in [-0.4, -0.2) is 46.2 Å². The van der Waals surface area contributed by atoms with E-state index in [9.17, 15) is 30.8 Å². The normalized spacial score (nSPS) is 16.4. The van der Waals surface area contributed by atoms with E-state index in [1.807, 2.05) is 19.1 Å². The number of pyridine rings is 1. The number of carbonyl (C=O) groups is 1. The molecule has 1 unspecified atom stereocenters. The highest BCUT2D eigenvalue weighted by Gasteiger charge is 2.39. The molecule has 1 aliphatic heterocycles. The summed E-state index contributed by atoms with van der Waals surface area (Å²) >= 11 is 0. The van der Waals surface area contributed by atoms with Gasteiger partial charge in [0.25, 0.3) is 0 Å². The zero-order valence-corrected chi connectivity index (χ0v) is 24.2. The van der Waals surface area contributed by atoms with E-state index in [1.165, 1.54) is 12.1 Å². The largest absolute Gasteiger partial charge is 0.416 e. The fraction of sp³-hybridized carbons (Fsp3) is 0.267. The van der Waals surface area contributed by atoms with E-state index in [0.29, 0.717) is 35.5 Å². The van der Waals surface area contributed by atoms with E-state index in [1.54, 1.807) is 18.3 Å². The van der Waals surface area contributed by atoms with Gasteiger partial charge in [-0.1, -0.05) is 18.2 Å². The third-order valence-electron chi connectivity index (χ3n) is 7.13. The Bertz CT molecular complexity index is 1720. The molecule has 0 aliphatic carbocycles. The second kappa shape index (κ2) is 12.7. The molecule has 1 aliphatic rings. The van der Waals surface area contributed by atoms with Gasteiger partial charge in [0.2, 0.25) is 21.9 Å². The van der Waals surface area contributed by atoms with Gasteiger partial charge in [0, 0.05) is 18.3 Å². The monoisotopic (exact) mass is 628 g/mol. The van der Waals surface area contributed by atoms with Gasteiger partial charge in [0.05, 0.1) is 40.1 Å². The van der Waals surface area contributed by atoms with Crippen molar-refractivity contribution in [2.45, 2.75) is 49.5 Å². The Kier molecular flexibility index (Phi) is 8.92. The van der Waals surface area contributed by atoms with E-state index < -0.39 is 39.5 Å². The predicted octanol–water partition coefficient (Wildman–Crippen LogP) is 5.34. The van der Waals surface area contributed by atoms with Crippen LogP contribution in [0.5, 0.6) is 0 Å². The number of rotatable bonds is 9. The van der Waals surface area contributed by atoms with Crippen molar-refractivity contribution in [1.29, 1.82) is 0 Å². The molecule has 0 saturated carbocycles. The molecule has 5 rings (SSSR count). The van der Waals surface area contributed by atoms with Crippen LogP contribution in [0.25, 0.3) is 11.3 Å². The minimum Gasteiger partial charge on any atom is -0.349 e. The number of benzene rings is 2. The first kappa shape index (κ1) is 31.0. The lowest BCUT2D eigenvalue weighted by atomic mass is 10.1. The number of aromatic nitrogens is 3. The highest BCUT2D eigenvalue weighted by Crippen LogP contribution is 2.31. The summed E-state index contributed by atoms with van der Waals surface area (Å²) in [6.07, 6.45) is -2.11. The Morgan fingerprint density at radius 1 is 1.05 bits per heavy atom. The third kappa shape index (κ3) is 7.03. The Labute approximate surface area is 251 Å². The highest BCUT2D eigenvalue weighted by molar-refractivity contribution is 7.89. The Morgan fingerprint density at radius 2 is 1.77 bits per heavy atom. The van der Waals surface area contributed by atoms with Crippen molar-refractivity contribution in [2.75, 3.05) is 11.9 Å². The number of nitrogens with zero attached hydrogens (tertiary/aromatic N) is 4. The molecule has 9 nitrogen and oxygen atoms in total. The lowest BCUT2D eigenvalue weighted by Gasteiger charge is -2.23. The van der Waals surface area contributed by atoms with Crippen molar-refractivity contribution in [3.05, 3.63) is 102 Å². The summed E-state index contributed by atoms with van der Waals surface area (Å²) in [6, 6.07) is 14.6. The summed E-state index contributed by atoms with van der Waals surface area (Å²) in [5.41, 5.74) is 0.949. The minimum absolute atomic E-state index is 0.109. The van der Waals surface area contributed by atoms with Crippen molar-refractivity contribution in [2.24, 2.45) is 0 Å². The Morgan fingerprint density at radius 3 is 2.43 bits per heavy atom. The molecule has 0 bridgehead atoms. The summed E-state index contributed by atoms with van der Waals surface area (Å²) in [5.74, 6) is -0.964. The summed E-state index contributed by atoms with van der Waals surface area (Å²) < 4.78 is 80.3. The number of hydrogen-bond donors (Lipinski definition) is 2. The number of anilines is 1. The van der Waals surface area contributed by atoms with Crippen LogP contribution in [0, 0.1) is 5.82 Å². The van der Waals surface area contributed by atoms with Crippen LogP contribution in [0.3, 0.4) is 0 Å². The predicted molar refractivity (Wildman–Crippen MR) is 154 cm³/mol. The first-order valence-corrected chi connectivity index (χ1v) is 15.1. The van der Waals surface area contributed by atoms with Crippen LogP contribution in [-0.2, 0) is 27.5 Å². The van der Waals surface area contributed by atoms with Gasteiger partial charge in [-0.15, -0.1) is 0 Å². The standard InChI is InChI=1S/C30H28F4N6O3S/c1-19(25-5-2-3-15-35-25)37-29-38-23(17-26(39-29)20-7-9-21(10-8-20)30(32,33)34)18-36-28(41)27-6-4-16-40(27)44(42,43)24-13-11-22(31)12-14-24/h2-3,5,7-15,17,19,27H,4,6,16,18H2,1H3,(H,36,41)(H,37,38,39)/t19?,27-/m0/s1. The number of amides is 1. The second-order valence-corrected chi connectivity index (χ2v) is 12.1. The quantitative estimate of drug-likeness (QED) is 0.241. The molecular formula is C30H28F4N6O3S. The molecule has 2 N–H and O–H groups in total. The zero-order chi connectivity index (χ0) is 31.5. The maximum Gasteiger partial charge on any atom is 0.416 e. The molecule has 2 aromatic heterocycles. The van der Waals surface area contributed by atoms with Crippen molar-refractivity contribution in [1.82, 2.24) is 24.6 Å². The first-order valence-electron chi connectivity index (χ1n) is 13.7. The molecular weight excluding hydrogens is 600 g/mol. The molecule has 2 aromatic carbocycles. The minimum atomic E-state index is -4.50. The topological polar surface area (TPSA) is 117 Å². The molecule has 0 spiro atoms. The molecule has 14 heteroatoms. The van der Waals surface area contributed by atoms with Crippen molar-refractivity contribution in [3.8, 4) is 11.3 Å². The maximum absolute atomic E-state index is 13.4. The molecule has 2 atom stereocenters. The summed E-state index contributed by atoms with van der Waals surface area (Å²) in [6.45, 7) is 1.86. The smallest absolute Gasteiger partial charge is 0.349 e. The Hall–Kier alpha value is -4.43. The molecule has 44 heavy (non-hydrogen) atoms. The van der Waals surface area contributed by atoms with Gasteiger partial charge in [-0.2, -0.15) is 17.5 Å². The Balaban J connectivity index is 1.38. The molecule has 3 heterocycles. The van der Waals surface area contributed by atoms with E-state index in [4.69, 9.17) is 0 Å². The fourth-order valence-electron chi connectivity index (χ4n) is 4.86. The van der Waals surface area contributed by atoms with Crippen molar-refractivity contribution < 1.29 is 30.8 Å². The van der Waals surface area contributed by atoms with Gasteiger partial charge in [0.1, 0.15) is 11.9 Å². The third-order valence-corrected chi connectivity index (χ3v) is 9.06. The lowest BCUT2D eigenvalue weighted by molar-refractivity contribution is -0.137. The number of carbonyl (C=O) groups excluding carboxylic acids is 1. The number of hydrogen-bond acceptors (Lipinski definition) is 7. The van der Waals surface area contributed by atoms with E-state index in [2.05, 4.69) is 25.6 Å². The van der Waals surface area contributed by atoms with Gasteiger partial charge in [-0.05, 0) is 74.4 Å². The van der Waals surface area contributed by atoms with Crippen LogP contribution in [0.1, 0.15) is 42.8 Å². The van der Waals surface area contributed by atoms with Crippen molar-refractivity contribution in [3.63, 3.8) is 0 Å². The van der Waals surface area contributed by atoms with Crippen LogP contribution >= 0.6 is 0 Å². The number of alkyl halides is 3. The highest BCUT2D eigenvalue weighted by atomic mass is 32.2. The summed E-state index contributed by atoms with van der Waals surface area (Å²) in [4.78, 5) is 26.4. The number of nitrogens with one attached hydrogen (secondary N) is 2. The van der Waals surface area contributed by atoms with E-state index in [0.717, 1.165) is 40.7 Å². The van der Waals surface area contributed by atoms with E-state index in [-0.39, 0.29) is 30.0 Å². The first-order chi connectivity index (χ1) is 20.9. The van der Waals surface area contributed by atoms with Gasteiger partial charge in [0.15, 0.2) is 0 Å². The van der Waals surface area contributed by atoms with Crippen LogP contribution < -0.4 is 10.6 Å². The maximum atomic E-state index is 13.4. The molecule has 1 fully saturated rings. The zero-order valence-electron chi connectivity index (χ0n) is 23.4. The van der Waals surface area contributed by atoms with E-state index >= 15 is 0 Å². The summed E-state index contributed by atoms with van der Waals surface area (Å²) in [7, 11) is -4.05. The number of halogens is 4. The van der Waals surface area contributed by atoms with Crippen LogP contribution in [0.2, 0.25) is 0 Å². The average Bonchev–Trinajstić information content (AvgIpc) is 3.52. The lowest BCUT2D eigenvalue weighted by Crippen LogP contribution is -2.45. The second-order valence-electron chi connectivity index (χ2n) is 10.2. The average molecular weight is 629 g/mol. The van der Waals surface area contributed by atoms with Gasteiger partial charge in [-0.3, -0.25) is 9.78 Å². The van der Waals surface area contributed by atoms with Gasteiger partial charge >= 0.3 is 6.18 Å². The van der Waals surface area contributed by atoms with Crippen LogP contribution in [0.4, 0.5) is 23.5 Å². The van der Waals surface area contributed by atoms with Gasteiger partial charge < -0.3 is 10.6 Å². The molecule has 1 saturated heterocycles. The van der Waals surface area contributed by atoms with Gasteiger partial charge in [-0.25, -0.2) is 22.8 Å². The van der Waals surface area contributed by atoms with Crippen molar-refractivity contribution >= 4 is 21.9 Å². The molecule has 230 valence electrons. The molecule has 1 amide bonds. The van der Waals surface area contributed by atoms with Crippen LogP contribution in [0.15, 0.2) is 83.9 Å². The SMILES string of the molecule is CC(Nc1nc(CNC(=O)[C@@H]2CCCN2S(=O)(=O)c2ccc(F)cc2)cc(-c2ccc(C(F)(F)F)cc2)n1)c1ccccn1. The molecule has 0 radical (unpaired) electrons. The summed E-state index contributed by atoms with van der Waals surface area (Å²) in [5, 5.41) is 5.88. The fourth-order valence-corrected chi connectivity index (χ4v) is 6.51.